The van der Waals surface area contributed by atoms with Crippen molar-refractivity contribution in [1.82, 2.24) is 9.62 Å². The van der Waals surface area contributed by atoms with Gasteiger partial charge in [0, 0.05) is 19.1 Å². The highest BCUT2D eigenvalue weighted by Crippen LogP contribution is 2.22. The Kier molecular flexibility index (Phi) is 5.61. The van der Waals surface area contributed by atoms with Gasteiger partial charge in [0.05, 0.1) is 5.69 Å². The van der Waals surface area contributed by atoms with E-state index in [0.29, 0.717) is 23.2 Å². The summed E-state index contributed by atoms with van der Waals surface area (Å²) in [5.74, 6) is 0. The molecule has 0 aromatic heterocycles. The van der Waals surface area contributed by atoms with Gasteiger partial charge in [-0.05, 0) is 38.1 Å². The number of hydrogen-bond acceptors (Lipinski definition) is 4. The third-order valence-corrected chi connectivity index (χ3v) is 5.55. The van der Waals surface area contributed by atoms with Crippen LogP contribution in [0, 0.1) is 0 Å². The second kappa shape index (κ2) is 7.24. The van der Waals surface area contributed by atoms with Gasteiger partial charge < -0.3 is 5.32 Å². The molecule has 1 unspecified atom stereocenters. The summed E-state index contributed by atoms with van der Waals surface area (Å²) in [6, 6.07) is 7.58. The van der Waals surface area contributed by atoms with Gasteiger partial charge in [0.15, 0.2) is 0 Å². The average molecular weight is 311 g/mol. The first-order valence-electron chi connectivity index (χ1n) is 7.65. The first-order valence-corrected chi connectivity index (χ1v) is 9.13. The van der Waals surface area contributed by atoms with E-state index in [-0.39, 0.29) is 0 Å². The molecule has 1 aromatic rings. The third-order valence-electron chi connectivity index (χ3n) is 3.94. The van der Waals surface area contributed by atoms with Crippen LogP contribution < -0.4 is 10.0 Å². The van der Waals surface area contributed by atoms with Gasteiger partial charge in [-0.2, -0.15) is 0 Å². The molecule has 0 spiro atoms. The van der Waals surface area contributed by atoms with Gasteiger partial charge in [0.1, 0.15) is 4.90 Å². The number of para-hydroxylation sites is 1. The van der Waals surface area contributed by atoms with Crippen LogP contribution in [0.15, 0.2) is 29.2 Å². The lowest BCUT2D eigenvalue weighted by molar-refractivity contribution is 0.277. The van der Waals surface area contributed by atoms with Crippen LogP contribution in [0.1, 0.15) is 26.7 Å². The number of nitrogens with one attached hydrogen (secondary N) is 2. The number of benzene rings is 1. The van der Waals surface area contributed by atoms with E-state index in [1.807, 2.05) is 12.1 Å². The molecule has 6 heteroatoms. The van der Waals surface area contributed by atoms with Gasteiger partial charge >= 0.3 is 0 Å². The van der Waals surface area contributed by atoms with Crippen LogP contribution in [0.3, 0.4) is 0 Å². The van der Waals surface area contributed by atoms with Gasteiger partial charge in [-0.25, -0.2) is 13.1 Å². The summed E-state index contributed by atoms with van der Waals surface area (Å²) in [4.78, 5) is 2.77. The SMILES string of the molecule is CCNS(=O)(=O)c1ccccc1NCC1CCCN1CC. The molecule has 0 radical (unpaired) electrons. The maximum atomic E-state index is 12.2. The number of rotatable bonds is 7. The molecule has 0 bridgehead atoms. The Morgan fingerprint density at radius 3 is 2.76 bits per heavy atom. The molecule has 1 aliphatic heterocycles. The lowest BCUT2D eigenvalue weighted by Crippen LogP contribution is -2.35. The monoisotopic (exact) mass is 311 g/mol. The highest BCUT2D eigenvalue weighted by Gasteiger charge is 2.23. The highest BCUT2D eigenvalue weighted by atomic mass is 32.2. The summed E-state index contributed by atoms with van der Waals surface area (Å²) >= 11 is 0. The Hall–Kier alpha value is -1.11. The summed E-state index contributed by atoms with van der Waals surface area (Å²) in [7, 11) is -3.43. The van der Waals surface area contributed by atoms with Crippen LogP contribution in [-0.2, 0) is 10.0 Å². The average Bonchev–Trinajstić information content (AvgIpc) is 2.93. The molecular weight excluding hydrogens is 286 g/mol. The zero-order chi connectivity index (χ0) is 15.3. The molecular formula is C15H25N3O2S. The Morgan fingerprint density at radius 1 is 1.29 bits per heavy atom. The van der Waals surface area contributed by atoms with E-state index in [4.69, 9.17) is 0 Å². The zero-order valence-electron chi connectivity index (χ0n) is 12.8. The minimum Gasteiger partial charge on any atom is -0.382 e. The summed E-state index contributed by atoms with van der Waals surface area (Å²) in [6.45, 7) is 7.31. The molecule has 5 nitrogen and oxygen atoms in total. The van der Waals surface area contributed by atoms with Gasteiger partial charge in [-0.1, -0.05) is 26.0 Å². The van der Waals surface area contributed by atoms with E-state index in [9.17, 15) is 8.42 Å². The van der Waals surface area contributed by atoms with Crippen molar-refractivity contribution >= 4 is 15.7 Å². The Bertz CT molecular complexity index is 560. The molecule has 2 rings (SSSR count). The maximum Gasteiger partial charge on any atom is 0.242 e. The second-order valence-corrected chi connectivity index (χ2v) is 7.04. The lowest BCUT2D eigenvalue weighted by atomic mass is 10.2. The summed E-state index contributed by atoms with van der Waals surface area (Å²) in [5.41, 5.74) is 0.682. The summed E-state index contributed by atoms with van der Waals surface area (Å²) in [5, 5.41) is 3.32. The number of anilines is 1. The van der Waals surface area contributed by atoms with Crippen LogP contribution in [0.2, 0.25) is 0 Å². The predicted molar refractivity (Wildman–Crippen MR) is 86.1 cm³/mol. The lowest BCUT2D eigenvalue weighted by Gasteiger charge is -2.24. The largest absolute Gasteiger partial charge is 0.382 e. The Balaban J connectivity index is 2.10. The smallest absolute Gasteiger partial charge is 0.242 e. The summed E-state index contributed by atoms with van der Waals surface area (Å²) < 4.78 is 27.0. The molecule has 1 saturated heterocycles. The first kappa shape index (κ1) is 16.3. The van der Waals surface area contributed by atoms with Gasteiger partial charge in [0.25, 0.3) is 0 Å². The molecule has 1 aromatic carbocycles. The molecule has 1 heterocycles. The minimum atomic E-state index is -3.43. The minimum absolute atomic E-state index is 0.327. The van der Waals surface area contributed by atoms with Crippen molar-refractivity contribution in [2.75, 3.05) is 31.5 Å². The Labute approximate surface area is 127 Å². The van der Waals surface area contributed by atoms with E-state index in [2.05, 4.69) is 21.9 Å². The maximum absolute atomic E-state index is 12.2. The first-order chi connectivity index (χ1) is 10.1. The second-order valence-electron chi connectivity index (χ2n) is 5.30. The number of likely N-dealkylation sites (N-methyl/N-ethyl adjacent to an activating group) is 1. The quantitative estimate of drug-likeness (QED) is 0.807. The standard InChI is InChI=1S/C15H25N3O2S/c1-3-17-21(19,20)15-10-6-5-9-14(15)16-12-13-8-7-11-18(13)4-2/h5-6,9-10,13,16-17H,3-4,7-8,11-12H2,1-2H3. The number of hydrogen-bond donors (Lipinski definition) is 2. The fourth-order valence-electron chi connectivity index (χ4n) is 2.89. The van der Waals surface area contributed by atoms with Gasteiger partial charge in [0.2, 0.25) is 10.0 Å². The summed E-state index contributed by atoms with van der Waals surface area (Å²) in [6.07, 6.45) is 2.39. The van der Waals surface area contributed by atoms with Crippen molar-refractivity contribution < 1.29 is 8.42 Å². The molecule has 2 N–H and O–H groups in total. The van der Waals surface area contributed by atoms with Crippen LogP contribution in [-0.4, -0.2) is 45.5 Å². The van der Waals surface area contributed by atoms with Crippen molar-refractivity contribution in [3.63, 3.8) is 0 Å². The zero-order valence-corrected chi connectivity index (χ0v) is 13.6. The van der Waals surface area contributed by atoms with Crippen molar-refractivity contribution in [1.29, 1.82) is 0 Å². The fraction of sp³-hybridized carbons (Fsp3) is 0.600. The van der Waals surface area contributed by atoms with E-state index in [1.54, 1.807) is 19.1 Å². The molecule has 21 heavy (non-hydrogen) atoms. The number of sulfonamides is 1. The molecule has 1 aliphatic rings. The van der Waals surface area contributed by atoms with Crippen LogP contribution >= 0.6 is 0 Å². The molecule has 0 aliphatic carbocycles. The molecule has 118 valence electrons. The third kappa shape index (κ3) is 3.96. The van der Waals surface area contributed by atoms with Gasteiger partial charge in [-0.3, -0.25) is 4.90 Å². The Morgan fingerprint density at radius 2 is 2.05 bits per heavy atom. The van der Waals surface area contributed by atoms with Crippen molar-refractivity contribution in [2.24, 2.45) is 0 Å². The van der Waals surface area contributed by atoms with Crippen LogP contribution in [0.4, 0.5) is 5.69 Å². The topological polar surface area (TPSA) is 61.4 Å². The van der Waals surface area contributed by atoms with Gasteiger partial charge in [-0.15, -0.1) is 0 Å². The van der Waals surface area contributed by atoms with Crippen LogP contribution in [0.25, 0.3) is 0 Å². The van der Waals surface area contributed by atoms with E-state index in [1.165, 1.54) is 12.8 Å². The van der Waals surface area contributed by atoms with Crippen molar-refractivity contribution in [3.05, 3.63) is 24.3 Å². The fourth-order valence-corrected chi connectivity index (χ4v) is 4.11. The van der Waals surface area contributed by atoms with Crippen LogP contribution in [0.5, 0.6) is 0 Å². The van der Waals surface area contributed by atoms with E-state index < -0.39 is 10.0 Å². The highest BCUT2D eigenvalue weighted by molar-refractivity contribution is 7.89. The number of nitrogens with zero attached hydrogens (tertiary/aromatic N) is 1. The van der Waals surface area contributed by atoms with E-state index in [0.717, 1.165) is 19.6 Å². The molecule has 1 atom stereocenters. The van der Waals surface area contributed by atoms with Crippen molar-refractivity contribution in [2.45, 2.75) is 37.6 Å². The van der Waals surface area contributed by atoms with Crippen molar-refractivity contribution in [3.8, 4) is 0 Å². The number of likely N-dealkylation sites (tertiary alicyclic amines) is 1. The predicted octanol–water partition coefficient (Wildman–Crippen LogP) is 1.88. The van der Waals surface area contributed by atoms with E-state index >= 15 is 0 Å². The molecule has 0 saturated carbocycles. The normalized spacial score (nSPS) is 19.8. The molecule has 0 amide bonds. The molecule has 1 fully saturated rings.